The Bertz CT molecular complexity index is 1630. The SMILES string of the molecule is C=C/C=C/[C@@H](O)CC(=C)C[C@H]1O[C@@H]2[C@H](C)[C@@H](OC(=O)C[C@H]3C[C@H](OC(C)=O)C[C@@]4(C[C@@](C)(O)C[C@H](CCCCCCCCCCCC/C=C\CCC[C@H]5O[C@](O)(C[C@H](O)[C@H]5C)[C@@H]2O)O4)O3)[C@@H]1O. The number of fused-ring (bicyclic) bond motifs is 6. The molecule has 14 nitrogen and oxygen atoms in total. The Hall–Kier alpha value is -2.50. The maximum atomic E-state index is 14.2. The fourth-order valence-electron chi connectivity index (χ4n) is 11.2. The molecule has 0 aromatic carbocycles. The lowest BCUT2D eigenvalue weighted by molar-refractivity contribution is -0.351. The second-order valence-electron chi connectivity index (χ2n) is 21.0. The molecule has 0 saturated carbocycles. The lowest BCUT2D eigenvalue weighted by Gasteiger charge is -2.52. The third-order valence-corrected chi connectivity index (χ3v) is 14.7. The highest BCUT2D eigenvalue weighted by atomic mass is 16.7. The van der Waals surface area contributed by atoms with Gasteiger partial charge in [0, 0.05) is 50.9 Å². The van der Waals surface area contributed by atoms with E-state index in [1.165, 1.54) is 51.5 Å². The lowest BCUT2D eigenvalue weighted by Crippen LogP contribution is -2.65. The molecule has 1 spiro atoms. The molecular formula is C53H86O14. The van der Waals surface area contributed by atoms with Crippen molar-refractivity contribution >= 4 is 11.9 Å². The van der Waals surface area contributed by atoms with Crippen molar-refractivity contribution < 1.29 is 68.6 Å². The Labute approximate surface area is 400 Å². The van der Waals surface area contributed by atoms with Gasteiger partial charge in [0.25, 0.3) is 0 Å². The molecule has 0 aromatic rings. The van der Waals surface area contributed by atoms with Crippen molar-refractivity contribution in [1.82, 2.24) is 0 Å². The highest BCUT2D eigenvalue weighted by Gasteiger charge is 2.57. The van der Waals surface area contributed by atoms with Crippen LogP contribution in [0, 0.1) is 11.8 Å². The molecule has 0 unspecified atom stereocenters. The van der Waals surface area contributed by atoms with Gasteiger partial charge in [-0.15, -0.1) is 0 Å². The molecule has 5 heterocycles. The van der Waals surface area contributed by atoms with Crippen LogP contribution in [0.4, 0.5) is 0 Å². The summed E-state index contributed by atoms with van der Waals surface area (Å²) in [4.78, 5) is 26.5. The van der Waals surface area contributed by atoms with Gasteiger partial charge in [0.2, 0.25) is 0 Å². The largest absolute Gasteiger partial charge is 0.462 e. The fraction of sp³-hybridized carbons (Fsp3) is 0.811. The maximum absolute atomic E-state index is 14.2. The van der Waals surface area contributed by atoms with E-state index in [-0.39, 0.29) is 57.0 Å². The molecule has 5 aliphatic heterocycles. The highest BCUT2D eigenvalue weighted by Crippen LogP contribution is 2.46. The standard InChI is InChI=1S/C53H86O14/c1-7-8-24-39(55)27-35(2)28-45-47(58)48-37(4)49(63-45)50(59)53(61)33-43(56)36(3)44(67-53)26-23-21-19-17-15-13-11-9-10-12-14-16-18-20-22-25-40-31-51(6,60)34-52(65-40)32-42(62-38(5)54)29-41(66-52)30-46(57)64-48/h7-8,17,19,24,36-37,39-45,47-50,55-56,58-61H,1-2,9-16,18,20-23,25-34H2,3-6H3/b19-17-,24-8+/t36-,37-,39-,40+,41-,42+,43+,44-,45-,47-,48-,49-,50-,51+,52+,53-/m1/s1. The van der Waals surface area contributed by atoms with Crippen LogP contribution in [0.3, 0.4) is 0 Å². The zero-order chi connectivity index (χ0) is 48.8. The van der Waals surface area contributed by atoms with Crippen LogP contribution < -0.4 is 0 Å². The molecule has 4 saturated heterocycles. The molecule has 0 aromatic heterocycles. The number of hydrogen-bond donors (Lipinski definition) is 6. The molecule has 5 aliphatic rings. The van der Waals surface area contributed by atoms with Crippen LogP contribution in [0.25, 0.3) is 0 Å². The van der Waals surface area contributed by atoms with Crippen molar-refractivity contribution in [3.63, 3.8) is 0 Å². The van der Waals surface area contributed by atoms with Crippen LogP contribution in [0.1, 0.15) is 175 Å². The molecule has 67 heavy (non-hydrogen) atoms. The average molecular weight is 947 g/mol. The van der Waals surface area contributed by atoms with Gasteiger partial charge in [-0.3, -0.25) is 9.59 Å². The molecule has 0 amide bonds. The minimum Gasteiger partial charge on any atom is -0.462 e. The normalized spacial score (nSPS) is 41.6. The monoisotopic (exact) mass is 947 g/mol. The highest BCUT2D eigenvalue weighted by molar-refractivity contribution is 5.70. The number of aliphatic hydroxyl groups is 6. The number of allylic oxidation sites excluding steroid dienone is 4. The molecule has 4 fully saturated rings. The smallest absolute Gasteiger partial charge is 0.308 e. The Morgan fingerprint density at radius 3 is 2.18 bits per heavy atom. The summed E-state index contributed by atoms with van der Waals surface area (Å²) < 4.78 is 38.0. The van der Waals surface area contributed by atoms with Crippen LogP contribution in [0.15, 0.2) is 49.1 Å². The first-order chi connectivity index (χ1) is 31.8. The van der Waals surface area contributed by atoms with Gasteiger partial charge in [0.05, 0.1) is 54.7 Å². The molecule has 382 valence electrons. The first kappa shape index (κ1) is 55.4. The van der Waals surface area contributed by atoms with E-state index in [2.05, 4.69) is 25.3 Å². The van der Waals surface area contributed by atoms with Gasteiger partial charge in [0.15, 0.2) is 11.6 Å². The third kappa shape index (κ3) is 16.8. The first-order valence-electron chi connectivity index (χ1n) is 25.7. The second-order valence-corrected chi connectivity index (χ2v) is 21.0. The van der Waals surface area contributed by atoms with E-state index >= 15 is 0 Å². The minimum atomic E-state index is -2.25. The van der Waals surface area contributed by atoms with Crippen LogP contribution in [-0.2, 0) is 38.0 Å². The molecular weight excluding hydrogens is 861 g/mol. The summed E-state index contributed by atoms with van der Waals surface area (Å²) in [6.45, 7) is 14.3. The van der Waals surface area contributed by atoms with E-state index in [9.17, 15) is 40.2 Å². The molecule has 6 N–H and O–H groups in total. The number of aliphatic hydroxyl groups excluding tert-OH is 4. The van der Waals surface area contributed by atoms with E-state index in [4.69, 9.17) is 28.4 Å². The Balaban J connectivity index is 1.40. The van der Waals surface area contributed by atoms with E-state index in [1.807, 2.05) is 6.92 Å². The van der Waals surface area contributed by atoms with Crippen LogP contribution in [0.2, 0.25) is 0 Å². The quantitative estimate of drug-likeness (QED) is 0.0831. The van der Waals surface area contributed by atoms with Gasteiger partial charge in [-0.05, 0) is 58.3 Å². The average Bonchev–Trinajstić information content (AvgIpc) is 3.23. The van der Waals surface area contributed by atoms with Crippen LogP contribution in [0.5, 0.6) is 0 Å². The second kappa shape index (κ2) is 26.1. The number of hydrogen-bond acceptors (Lipinski definition) is 14. The van der Waals surface area contributed by atoms with E-state index in [0.29, 0.717) is 18.4 Å². The van der Waals surface area contributed by atoms with E-state index < -0.39 is 96.1 Å². The zero-order valence-corrected chi connectivity index (χ0v) is 41.0. The van der Waals surface area contributed by atoms with Crippen molar-refractivity contribution in [2.75, 3.05) is 0 Å². The summed E-state index contributed by atoms with van der Waals surface area (Å²) in [6, 6.07) is 0. The topological polar surface area (TPSA) is 211 Å². The minimum absolute atomic E-state index is 0.00991. The van der Waals surface area contributed by atoms with Crippen molar-refractivity contribution in [2.45, 2.75) is 260 Å². The summed E-state index contributed by atoms with van der Waals surface area (Å²) in [5, 5.41) is 69.7. The van der Waals surface area contributed by atoms with Gasteiger partial charge in [-0.2, -0.15) is 0 Å². The van der Waals surface area contributed by atoms with Crippen LogP contribution >= 0.6 is 0 Å². The molecule has 14 heteroatoms. The summed E-state index contributed by atoms with van der Waals surface area (Å²) in [5.41, 5.74) is -0.633. The zero-order valence-electron chi connectivity index (χ0n) is 41.0. The first-order valence-corrected chi connectivity index (χ1v) is 25.7. The molecule has 0 aliphatic carbocycles. The van der Waals surface area contributed by atoms with Crippen molar-refractivity contribution in [2.24, 2.45) is 11.8 Å². The molecule has 7 bridgehead atoms. The van der Waals surface area contributed by atoms with Gasteiger partial charge in [-0.1, -0.05) is 121 Å². The number of esters is 2. The Kier molecular flexibility index (Phi) is 21.6. The number of carbonyl (C=O) groups is 2. The number of ether oxygens (including phenoxy) is 6. The summed E-state index contributed by atoms with van der Waals surface area (Å²) >= 11 is 0. The Morgan fingerprint density at radius 2 is 1.51 bits per heavy atom. The predicted octanol–water partition coefficient (Wildman–Crippen LogP) is 7.49. The third-order valence-electron chi connectivity index (χ3n) is 14.7. The van der Waals surface area contributed by atoms with Crippen molar-refractivity contribution in [3.05, 3.63) is 49.1 Å². The molecule has 5 rings (SSSR count). The van der Waals surface area contributed by atoms with Crippen molar-refractivity contribution in [3.8, 4) is 0 Å². The van der Waals surface area contributed by atoms with Gasteiger partial charge < -0.3 is 59.1 Å². The predicted molar refractivity (Wildman–Crippen MR) is 253 cm³/mol. The van der Waals surface area contributed by atoms with Gasteiger partial charge in [-0.25, -0.2) is 0 Å². The summed E-state index contributed by atoms with van der Waals surface area (Å²) in [6.07, 6.45) is 13.8. The fourth-order valence-corrected chi connectivity index (χ4v) is 11.2. The number of rotatable bonds is 7. The summed E-state index contributed by atoms with van der Waals surface area (Å²) in [5.74, 6) is -6.05. The maximum Gasteiger partial charge on any atom is 0.308 e. The summed E-state index contributed by atoms with van der Waals surface area (Å²) in [7, 11) is 0. The lowest BCUT2D eigenvalue weighted by atomic mass is 9.78. The van der Waals surface area contributed by atoms with Gasteiger partial charge >= 0.3 is 11.9 Å². The molecule has 0 radical (unpaired) electrons. The van der Waals surface area contributed by atoms with Crippen molar-refractivity contribution in [1.29, 1.82) is 0 Å². The Morgan fingerprint density at radius 1 is 0.866 bits per heavy atom. The van der Waals surface area contributed by atoms with E-state index in [0.717, 1.165) is 51.4 Å². The van der Waals surface area contributed by atoms with E-state index in [1.54, 1.807) is 26.0 Å². The number of carbonyl (C=O) groups excluding carboxylic acids is 2. The van der Waals surface area contributed by atoms with Crippen LogP contribution in [-0.4, -0.2) is 127 Å². The van der Waals surface area contributed by atoms with Gasteiger partial charge in [0.1, 0.15) is 24.4 Å². The molecule has 16 atom stereocenters.